The lowest BCUT2D eigenvalue weighted by Gasteiger charge is -2.18. The Morgan fingerprint density at radius 2 is 2.05 bits per heavy atom. The molecule has 0 fully saturated rings. The largest absolute Gasteiger partial charge is 0.478 e. The van der Waals surface area contributed by atoms with E-state index in [2.05, 4.69) is 9.97 Å². The number of carboxylic acids is 1. The van der Waals surface area contributed by atoms with Crippen molar-refractivity contribution in [3.8, 4) is 0 Å². The predicted octanol–water partition coefficient (Wildman–Crippen LogP) is 1.96. The van der Waals surface area contributed by atoms with Crippen LogP contribution in [0.1, 0.15) is 21.6 Å². The molecule has 1 heterocycles. The van der Waals surface area contributed by atoms with Crippen LogP contribution in [0.4, 0.5) is 5.95 Å². The molecule has 0 aliphatic rings. The van der Waals surface area contributed by atoms with Crippen LogP contribution in [0, 0.1) is 0 Å². The quantitative estimate of drug-likeness (QED) is 0.875. The van der Waals surface area contributed by atoms with Crippen LogP contribution in [0.25, 0.3) is 0 Å². The summed E-state index contributed by atoms with van der Waals surface area (Å²) in [5.74, 6) is -0.588. The highest BCUT2D eigenvalue weighted by molar-refractivity contribution is 5.88. The highest BCUT2D eigenvalue weighted by Crippen LogP contribution is 2.14. The number of carboxylic acid groups (broad SMARTS) is 1. The summed E-state index contributed by atoms with van der Waals surface area (Å²) in [7, 11) is 3.36. The molecule has 0 atom stereocenters. The second-order valence-corrected chi connectivity index (χ2v) is 4.61. The maximum absolute atomic E-state index is 11.1. The minimum atomic E-state index is -1.06. The zero-order chi connectivity index (χ0) is 15.2. The summed E-state index contributed by atoms with van der Waals surface area (Å²) < 4.78 is 5.00. The summed E-state index contributed by atoms with van der Waals surface area (Å²) in [6.45, 7) is 0.774. The average molecular weight is 287 g/mol. The van der Waals surface area contributed by atoms with Crippen LogP contribution in [-0.2, 0) is 17.9 Å². The molecule has 21 heavy (non-hydrogen) atoms. The summed E-state index contributed by atoms with van der Waals surface area (Å²) in [5, 5.41) is 9.11. The minimum absolute atomic E-state index is 0.0636. The van der Waals surface area contributed by atoms with Crippen LogP contribution in [-0.4, -0.2) is 35.2 Å². The highest BCUT2D eigenvalue weighted by Gasteiger charge is 2.15. The Labute approximate surface area is 123 Å². The first-order chi connectivity index (χ1) is 10.1. The lowest BCUT2D eigenvalue weighted by Crippen LogP contribution is -2.21. The Morgan fingerprint density at radius 3 is 2.67 bits per heavy atom. The van der Waals surface area contributed by atoms with Crippen LogP contribution in [0.5, 0.6) is 0 Å². The normalized spacial score (nSPS) is 10.4. The molecular formula is C15H17N3O3. The molecule has 1 aromatic carbocycles. The fourth-order valence-corrected chi connectivity index (χ4v) is 1.94. The van der Waals surface area contributed by atoms with Gasteiger partial charge in [-0.15, -0.1) is 0 Å². The third kappa shape index (κ3) is 3.76. The fourth-order valence-electron chi connectivity index (χ4n) is 1.94. The van der Waals surface area contributed by atoms with Crippen molar-refractivity contribution in [1.82, 2.24) is 9.97 Å². The van der Waals surface area contributed by atoms with Crippen molar-refractivity contribution in [2.45, 2.75) is 13.2 Å². The summed E-state index contributed by atoms with van der Waals surface area (Å²) in [5.41, 5.74) is 1.56. The van der Waals surface area contributed by atoms with E-state index in [1.807, 2.05) is 42.3 Å². The predicted molar refractivity (Wildman–Crippen MR) is 78.3 cm³/mol. The van der Waals surface area contributed by atoms with Gasteiger partial charge in [-0.25, -0.2) is 14.8 Å². The van der Waals surface area contributed by atoms with Gasteiger partial charge in [-0.1, -0.05) is 30.3 Å². The van der Waals surface area contributed by atoms with Gasteiger partial charge in [0.25, 0.3) is 0 Å². The number of ether oxygens (including phenoxy) is 1. The molecule has 2 rings (SSSR count). The molecule has 0 saturated carbocycles. The first-order valence-electron chi connectivity index (χ1n) is 6.45. The van der Waals surface area contributed by atoms with Crippen molar-refractivity contribution >= 4 is 11.9 Å². The first kappa shape index (κ1) is 14.9. The summed E-state index contributed by atoms with van der Waals surface area (Å²) in [4.78, 5) is 21.4. The fraction of sp³-hybridized carbons (Fsp3) is 0.267. The number of anilines is 1. The number of nitrogens with zero attached hydrogens (tertiary/aromatic N) is 3. The van der Waals surface area contributed by atoms with E-state index in [9.17, 15) is 4.79 Å². The van der Waals surface area contributed by atoms with Gasteiger partial charge in [0.15, 0.2) is 0 Å². The third-order valence-corrected chi connectivity index (χ3v) is 2.97. The maximum atomic E-state index is 11.1. The molecule has 1 aromatic heterocycles. The topological polar surface area (TPSA) is 75.5 Å². The SMILES string of the molecule is COCc1nc(N(C)Cc2ccccc2)ncc1C(=O)O. The van der Waals surface area contributed by atoms with Crippen molar-refractivity contribution in [3.05, 3.63) is 53.3 Å². The zero-order valence-electron chi connectivity index (χ0n) is 12.0. The van der Waals surface area contributed by atoms with Crippen LogP contribution in [0.3, 0.4) is 0 Å². The highest BCUT2D eigenvalue weighted by atomic mass is 16.5. The van der Waals surface area contributed by atoms with Gasteiger partial charge in [0.05, 0.1) is 12.3 Å². The van der Waals surface area contributed by atoms with Crippen molar-refractivity contribution < 1.29 is 14.6 Å². The van der Waals surface area contributed by atoms with Crippen LogP contribution >= 0.6 is 0 Å². The molecule has 0 bridgehead atoms. The van der Waals surface area contributed by atoms with Crippen LogP contribution in [0.15, 0.2) is 36.5 Å². The maximum Gasteiger partial charge on any atom is 0.339 e. The molecule has 2 aromatic rings. The Bertz CT molecular complexity index is 617. The molecule has 0 amide bonds. The van der Waals surface area contributed by atoms with E-state index in [-0.39, 0.29) is 12.2 Å². The van der Waals surface area contributed by atoms with Crippen molar-refractivity contribution in [2.75, 3.05) is 19.1 Å². The number of hydrogen-bond donors (Lipinski definition) is 1. The van der Waals surface area contributed by atoms with Gasteiger partial charge in [-0.05, 0) is 5.56 Å². The van der Waals surface area contributed by atoms with Gasteiger partial charge in [-0.2, -0.15) is 0 Å². The van der Waals surface area contributed by atoms with Gasteiger partial charge >= 0.3 is 5.97 Å². The van der Waals surface area contributed by atoms with E-state index in [0.29, 0.717) is 18.2 Å². The summed E-state index contributed by atoms with van der Waals surface area (Å²) in [6, 6.07) is 9.91. The molecule has 0 spiro atoms. The summed E-state index contributed by atoms with van der Waals surface area (Å²) >= 11 is 0. The molecule has 0 aliphatic carbocycles. The molecule has 110 valence electrons. The summed E-state index contributed by atoms with van der Waals surface area (Å²) in [6.07, 6.45) is 1.32. The number of carbonyl (C=O) groups is 1. The molecule has 6 nitrogen and oxygen atoms in total. The number of hydrogen-bond acceptors (Lipinski definition) is 5. The van der Waals surface area contributed by atoms with Crippen molar-refractivity contribution in [3.63, 3.8) is 0 Å². The number of aromatic nitrogens is 2. The Morgan fingerprint density at radius 1 is 1.33 bits per heavy atom. The molecular weight excluding hydrogens is 270 g/mol. The van der Waals surface area contributed by atoms with Crippen molar-refractivity contribution in [2.24, 2.45) is 0 Å². The number of benzene rings is 1. The average Bonchev–Trinajstić information content (AvgIpc) is 2.48. The third-order valence-electron chi connectivity index (χ3n) is 2.97. The lowest BCUT2D eigenvalue weighted by molar-refractivity contribution is 0.0690. The van der Waals surface area contributed by atoms with Gasteiger partial charge < -0.3 is 14.7 Å². The van der Waals surface area contributed by atoms with E-state index in [4.69, 9.17) is 9.84 Å². The number of methoxy groups -OCH3 is 1. The number of rotatable bonds is 6. The van der Waals surface area contributed by atoms with E-state index in [0.717, 1.165) is 5.56 Å². The Kier molecular flexibility index (Phi) is 4.84. The van der Waals surface area contributed by atoms with E-state index in [1.54, 1.807) is 0 Å². The van der Waals surface area contributed by atoms with E-state index < -0.39 is 5.97 Å². The molecule has 6 heteroatoms. The molecule has 0 aliphatic heterocycles. The number of aromatic carboxylic acids is 1. The van der Waals surface area contributed by atoms with Gasteiger partial charge in [0, 0.05) is 26.9 Å². The Hall–Kier alpha value is -2.47. The van der Waals surface area contributed by atoms with E-state index >= 15 is 0 Å². The molecule has 1 N–H and O–H groups in total. The molecule has 0 radical (unpaired) electrons. The van der Waals surface area contributed by atoms with Gasteiger partial charge in [0.1, 0.15) is 5.56 Å². The van der Waals surface area contributed by atoms with Crippen LogP contribution < -0.4 is 4.90 Å². The van der Waals surface area contributed by atoms with E-state index in [1.165, 1.54) is 13.3 Å². The Balaban J connectivity index is 2.23. The first-order valence-corrected chi connectivity index (χ1v) is 6.45. The standard InChI is InChI=1S/C15H17N3O3/c1-18(9-11-6-4-3-5-7-11)15-16-8-12(14(19)20)13(17-15)10-21-2/h3-8H,9-10H2,1-2H3,(H,19,20). The zero-order valence-corrected chi connectivity index (χ0v) is 12.0. The second kappa shape index (κ2) is 6.81. The lowest BCUT2D eigenvalue weighted by atomic mass is 10.2. The monoisotopic (exact) mass is 287 g/mol. The van der Waals surface area contributed by atoms with Crippen molar-refractivity contribution in [1.29, 1.82) is 0 Å². The van der Waals surface area contributed by atoms with Gasteiger partial charge in [-0.3, -0.25) is 0 Å². The smallest absolute Gasteiger partial charge is 0.339 e. The second-order valence-electron chi connectivity index (χ2n) is 4.61. The minimum Gasteiger partial charge on any atom is -0.478 e. The molecule has 0 unspecified atom stereocenters. The van der Waals surface area contributed by atoms with Gasteiger partial charge in [0.2, 0.25) is 5.95 Å². The molecule has 0 saturated heterocycles. The van der Waals surface area contributed by atoms with Crippen LogP contribution in [0.2, 0.25) is 0 Å².